The predicted molar refractivity (Wildman–Crippen MR) is 124 cm³/mol. The minimum Gasteiger partial charge on any atom is -0.351 e. The fourth-order valence-electron chi connectivity index (χ4n) is 4.49. The minimum absolute atomic E-state index is 0. The zero-order valence-corrected chi connectivity index (χ0v) is 18.2. The van der Waals surface area contributed by atoms with E-state index in [0.29, 0.717) is 41.9 Å². The van der Waals surface area contributed by atoms with Crippen LogP contribution in [0.3, 0.4) is 0 Å². The Kier molecular flexibility index (Phi) is 6.51. The Hall–Kier alpha value is -2.82. The summed E-state index contributed by atoms with van der Waals surface area (Å²) < 4.78 is 53.4. The average Bonchev–Trinajstić information content (AvgIpc) is 3.38. The van der Waals surface area contributed by atoms with E-state index in [0.717, 1.165) is 25.0 Å². The first-order chi connectivity index (χ1) is 15.4. The van der Waals surface area contributed by atoms with E-state index in [9.17, 15) is 17.2 Å². The molecule has 1 aliphatic heterocycles. The zero-order chi connectivity index (χ0) is 22.3. The number of hydrogen-bond acceptors (Lipinski definition) is 7. The van der Waals surface area contributed by atoms with Gasteiger partial charge in [-0.1, -0.05) is 20.3 Å². The maximum atomic E-state index is 14.3. The third-order valence-corrected chi connectivity index (χ3v) is 7.90. The molecule has 0 unspecified atom stereocenters. The van der Waals surface area contributed by atoms with Crippen molar-refractivity contribution < 1.29 is 17.2 Å². The van der Waals surface area contributed by atoms with E-state index >= 15 is 0 Å². The number of sulfone groups is 1. The van der Waals surface area contributed by atoms with Gasteiger partial charge in [-0.25, -0.2) is 27.2 Å². The quantitative estimate of drug-likeness (QED) is 0.553. The average molecular weight is 479 g/mol. The van der Waals surface area contributed by atoms with Crippen LogP contribution >= 0.6 is 0 Å². The van der Waals surface area contributed by atoms with Crippen molar-refractivity contribution in [2.45, 2.75) is 58.0 Å². The number of fused-ring (bicyclic) bond motifs is 1. The number of hydrogen-bond donors (Lipinski definition) is 2. The van der Waals surface area contributed by atoms with E-state index in [4.69, 9.17) is 0 Å². The van der Waals surface area contributed by atoms with Gasteiger partial charge in [-0.05, 0) is 37.8 Å². The summed E-state index contributed by atoms with van der Waals surface area (Å²) in [6.07, 6.45) is 6.91. The summed E-state index contributed by atoms with van der Waals surface area (Å²) in [7, 11) is -3.07. The second-order valence-corrected chi connectivity index (χ2v) is 10.8. The fourth-order valence-corrected chi connectivity index (χ4v) is 5.96. The van der Waals surface area contributed by atoms with Gasteiger partial charge in [0, 0.05) is 18.2 Å². The largest absolute Gasteiger partial charge is 0.351 e. The normalized spacial score (nSPS) is 18.8. The molecule has 0 amide bonds. The lowest BCUT2D eigenvalue weighted by Crippen LogP contribution is -2.26. The third-order valence-electron chi connectivity index (χ3n) is 6.19. The van der Waals surface area contributed by atoms with Crippen molar-refractivity contribution >= 4 is 38.6 Å². The highest BCUT2D eigenvalue weighted by Crippen LogP contribution is 2.33. The van der Waals surface area contributed by atoms with Crippen molar-refractivity contribution in [1.82, 2.24) is 19.5 Å². The standard InChI is InChI=1S/C21H24F2N6O2S.CH4/c22-13-5-6-17(16(23)11-13)26-21-27-18-12-24-20(25-14-3-1-2-4-14)28-19(18)29(21)15-7-9-32(30,31)10-8-15;/h5-6,11-12,14-15H,1-4,7-10H2,(H,26,27)(H,24,25,28);1H4. The number of nitrogens with zero attached hydrogens (tertiary/aromatic N) is 4. The molecule has 178 valence electrons. The molecule has 1 aromatic carbocycles. The number of imidazole rings is 1. The first kappa shape index (κ1) is 23.3. The molecule has 3 aromatic rings. The Morgan fingerprint density at radius 3 is 2.45 bits per heavy atom. The maximum absolute atomic E-state index is 14.3. The van der Waals surface area contributed by atoms with Gasteiger partial charge < -0.3 is 10.6 Å². The molecule has 2 aliphatic rings. The molecule has 11 heteroatoms. The summed E-state index contributed by atoms with van der Waals surface area (Å²) in [5, 5.41) is 6.31. The van der Waals surface area contributed by atoms with Crippen LogP contribution in [0, 0.1) is 11.6 Å². The molecule has 1 saturated heterocycles. The number of rotatable bonds is 5. The molecule has 5 rings (SSSR count). The Labute approximate surface area is 191 Å². The Morgan fingerprint density at radius 1 is 1.03 bits per heavy atom. The van der Waals surface area contributed by atoms with Crippen molar-refractivity contribution in [3.63, 3.8) is 0 Å². The highest BCUT2D eigenvalue weighted by molar-refractivity contribution is 7.91. The Morgan fingerprint density at radius 2 is 1.76 bits per heavy atom. The molecule has 1 aliphatic carbocycles. The second-order valence-electron chi connectivity index (χ2n) is 8.47. The van der Waals surface area contributed by atoms with Gasteiger partial charge in [-0.2, -0.15) is 4.98 Å². The fraction of sp³-hybridized carbons (Fsp3) is 0.500. The third kappa shape index (κ3) is 4.92. The number of aromatic nitrogens is 4. The van der Waals surface area contributed by atoms with Crippen molar-refractivity contribution in [1.29, 1.82) is 0 Å². The van der Waals surface area contributed by atoms with Gasteiger partial charge in [-0.3, -0.25) is 4.57 Å². The maximum Gasteiger partial charge on any atom is 0.224 e. The topological polar surface area (TPSA) is 102 Å². The van der Waals surface area contributed by atoms with Crippen molar-refractivity contribution in [3.05, 3.63) is 36.0 Å². The van der Waals surface area contributed by atoms with Crippen LogP contribution in [0.2, 0.25) is 0 Å². The van der Waals surface area contributed by atoms with Crippen LogP contribution in [-0.4, -0.2) is 45.5 Å². The smallest absolute Gasteiger partial charge is 0.224 e. The lowest BCUT2D eigenvalue weighted by Gasteiger charge is -2.25. The van der Waals surface area contributed by atoms with Gasteiger partial charge in [0.2, 0.25) is 11.9 Å². The first-order valence-electron chi connectivity index (χ1n) is 10.8. The molecule has 2 fully saturated rings. The molecule has 0 radical (unpaired) electrons. The van der Waals surface area contributed by atoms with Gasteiger partial charge in [0.15, 0.2) is 5.65 Å². The monoisotopic (exact) mass is 478 g/mol. The Bertz CT molecular complexity index is 1240. The summed E-state index contributed by atoms with van der Waals surface area (Å²) in [5.41, 5.74) is 1.14. The second kappa shape index (κ2) is 9.20. The van der Waals surface area contributed by atoms with Crippen LogP contribution in [0.25, 0.3) is 11.2 Å². The summed E-state index contributed by atoms with van der Waals surface area (Å²) >= 11 is 0. The number of halogens is 2. The van der Waals surface area contributed by atoms with Crippen molar-refractivity contribution in [2.75, 3.05) is 22.1 Å². The van der Waals surface area contributed by atoms with Gasteiger partial charge in [-0.15, -0.1) is 0 Å². The highest BCUT2D eigenvalue weighted by Gasteiger charge is 2.29. The molecule has 2 N–H and O–H groups in total. The van der Waals surface area contributed by atoms with E-state index in [2.05, 4.69) is 25.6 Å². The lowest BCUT2D eigenvalue weighted by atomic mass is 10.1. The summed E-state index contributed by atoms with van der Waals surface area (Å²) in [6.45, 7) is 0. The molecular formula is C22H28F2N6O2S. The van der Waals surface area contributed by atoms with Crippen molar-refractivity contribution in [3.8, 4) is 0 Å². The molecular weight excluding hydrogens is 450 g/mol. The van der Waals surface area contributed by atoms with E-state index in [1.807, 2.05) is 4.57 Å². The van der Waals surface area contributed by atoms with Crippen LogP contribution < -0.4 is 10.6 Å². The van der Waals surface area contributed by atoms with Crippen LogP contribution in [-0.2, 0) is 9.84 Å². The van der Waals surface area contributed by atoms with E-state index in [-0.39, 0.29) is 30.7 Å². The summed E-state index contributed by atoms with van der Waals surface area (Å²) in [4.78, 5) is 13.6. The molecule has 8 nitrogen and oxygen atoms in total. The number of nitrogens with one attached hydrogen (secondary N) is 2. The van der Waals surface area contributed by atoms with E-state index in [1.54, 1.807) is 6.20 Å². The van der Waals surface area contributed by atoms with E-state index < -0.39 is 21.5 Å². The van der Waals surface area contributed by atoms with Gasteiger partial charge in [0.1, 0.15) is 27.0 Å². The molecule has 33 heavy (non-hydrogen) atoms. The minimum atomic E-state index is -3.07. The van der Waals surface area contributed by atoms with Gasteiger partial charge in [0.05, 0.1) is 23.4 Å². The van der Waals surface area contributed by atoms with Crippen LogP contribution in [0.15, 0.2) is 24.4 Å². The SMILES string of the molecule is C.O=S1(=O)CCC(n2c(Nc3ccc(F)cc3F)nc3cnc(NC4CCCC4)nc32)CC1. The predicted octanol–water partition coefficient (Wildman–Crippen LogP) is 4.59. The molecule has 1 saturated carbocycles. The lowest BCUT2D eigenvalue weighted by molar-refractivity contribution is 0.461. The van der Waals surface area contributed by atoms with Crippen LogP contribution in [0.1, 0.15) is 52.0 Å². The molecule has 0 spiro atoms. The van der Waals surface area contributed by atoms with E-state index in [1.165, 1.54) is 18.9 Å². The van der Waals surface area contributed by atoms with Crippen LogP contribution in [0.4, 0.5) is 26.4 Å². The van der Waals surface area contributed by atoms with Crippen LogP contribution in [0.5, 0.6) is 0 Å². The summed E-state index contributed by atoms with van der Waals surface area (Å²) in [6, 6.07) is 3.41. The number of anilines is 3. The number of benzene rings is 1. The zero-order valence-electron chi connectivity index (χ0n) is 17.4. The Balaban J connectivity index is 0.00000259. The molecule has 3 heterocycles. The van der Waals surface area contributed by atoms with Gasteiger partial charge in [0.25, 0.3) is 0 Å². The summed E-state index contributed by atoms with van der Waals surface area (Å²) in [5.74, 6) is -0.465. The highest BCUT2D eigenvalue weighted by atomic mass is 32.2. The van der Waals surface area contributed by atoms with Gasteiger partial charge >= 0.3 is 0 Å². The molecule has 0 atom stereocenters. The molecule has 2 aromatic heterocycles. The molecule has 0 bridgehead atoms. The first-order valence-corrected chi connectivity index (χ1v) is 12.6. The van der Waals surface area contributed by atoms with Crippen molar-refractivity contribution in [2.24, 2.45) is 0 Å².